The molecule has 0 amide bonds. The van der Waals surface area contributed by atoms with Crippen LogP contribution in [0.15, 0.2) is 109 Å². The normalized spacial score (nSPS) is 15.3. The Morgan fingerprint density at radius 2 is 1.53 bits per heavy atom. The summed E-state index contributed by atoms with van der Waals surface area (Å²) >= 11 is 1.73. The van der Waals surface area contributed by atoms with Crippen LogP contribution in [0.1, 0.15) is 93.8 Å². The number of fused-ring (bicyclic) bond motifs is 3. The summed E-state index contributed by atoms with van der Waals surface area (Å²) in [5, 5.41) is 3.48. The van der Waals surface area contributed by atoms with Gasteiger partial charge in [0.15, 0.2) is 0 Å². The summed E-state index contributed by atoms with van der Waals surface area (Å²) in [4.78, 5) is 9.23. The number of pyridine rings is 2. The zero-order valence-electron chi connectivity index (χ0n) is 37.1. The molecule has 8 rings (SSSR count). The summed E-state index contributed by atoms with van der Waals surface area (Å²) in [6.07, 6.45) is 7.96. The molecule has 3 heterocycles. The zero-order chi connectivity index (χ0) is 41.5. The van der Waals surface area contributed by atoms with Crippen LogP contribution in [0.3, 0.4) is 0 Å². The number of aromatic nitrogens is 2. The minimum absolute atomic E-state index is 0. The predicted octanol–water partition coefficient (Wildman–Crippen LogP) is 14.0. The van der Waals surface area contributed by atoms with E-state index in [4.69, 9.17) is 5.48 Å². The predicted molar refractivity (Wildman–Crippen MR) is 237 cm³/mol. The Balaban J connectivity index is 0.000000203. The fourth-order valence-electron chi connectivity index (χ4n) is 7.36. The van der Waals surface area contributed by atoms with Crippen molar-refractivity contribution in [1.82, 2.24) is 9.97 Å². The fraction of sp³-hybridized carbons (Fsp3) is 0.320. The van der Waals surface area contributed by atoms with Gasteiger partial charge in [-0.25, -0.2) is 0 Å². The SMILES string of the molecule is [2H]C(C)(C)c1ccnc(-c2[c-]cc3c(c2)sc2c(C([2H])(C)C)cc(-c4ccccc4)cc23)c1.[2H]C([2H])(c1cc(-c2[c-]cccc2)ncc1[Si](C)(C)C)C1CCCCC1.[Ir]. The molecule has 1 aliphatic rings. The summed E-state index contributed by atoms with van der Waals surface area (Å²) in [5.74, 6) is -1.28. The summed E-state index contributed by atoms with van der Waals surface area (Å²) < 4.78 is 37.5. The van der Waals surface area contributed by atoms with E-state index in [2.05, 4.69) is 90.3 Å². The Morgan fingerprint density at radius 1 is 0.782 bits per heavy atom. The largest absolute Gasteiger partial charge is 0.305 e. The van der Waals surface area contributed by atoms with Crippen LogP contribution in [0.4, 0.5) is 0 Å². The third-order valence-corrected chi connectivity index (χ3v) is 13.6. The first-order chi connectivity index (χ1) is 27.4. The smallest absolute Gasteiger partial charge is 0.0798 e. The van der Waals surface area contributed by atoms with E-state index in [9.17, 15) is 0 Å². The van der Waals surface area contributed by atoms with Crippen LogP contribution in [0.5, 0.6) is 0 Å². The average Bonchev–Trinajstić information content (AvgIpc) is 3.58. The molecule has 3 aromatic heterocycles. The van der Waals surface area contributed by atoms with Gasteiger partial charge in [0, 0.05) is 42.7 Å². The first-order valence-corrected chi connectivity index (χ1v) is 23.7. The minimum atomic E-state index is -1.69. The van der Waals surface area contributed by atoms with Crippen molar-refractivity contribution in [3.05, 3.63) is 138 Å². The molecule has 0 spiro atoms. The standard InChI is InChI=1S/C29H26NS.C21H28NSi.Ir/c1-18(2)21-12-13-30-27(16-21)22-10-11-24-26-15-23(20-8-6-5-7-9-20)14-25(19(3)4)29(26)31-28(24)17-22;1-23(2,3)21-16-22-20(18-12-8-5-9-13-18)15-19(21)14-17-10-6-4-7-11-17;/h5-9,11-19H,1-4H3;5,8-9,12,15-17H,4,6-7,10-11,14H2,1-3H3;/q2*-1;/i18D,19D;14D2;. The molecule has 0 unspecified atom stereocenters. The van der Waals surface area contributed by atoms with Crippen molar-refractivity contribution in [2.45, 2.75) is 97.6 Å². The maximum Gasteiger partial charge on any atom is 0.0798 e. The van der Waals surface area contributed by atoms with Gasteiger partial charge in [-0.05, 0) is 79.6 Å². The van der Waals surface area contributed by atoms with Crippen molar-refractivity contribution in [2.75, 3.05) is 0 Å². The molecule has 1 saturated carbocycles. The maximum atomic E-state index is 8.99. The summed E-state index contributed by atoms with van der Waals surface area (Å²) in [6, 6.07) is 39.4. The molecule has 1 aliphatic carbocycles. The molecular weight excluding hydrogens is 881 g/mol. The van der Waals surface area contributed by atoms with Gasteiger partial charge in [0.1, 0.15) is 0 Å². The quantitative estimate of drug-likeness (QED) is 0.112. The van der Waals surface area contributed by atoms with Gasteiger partial charge >= 0.3 is 0 Å². The first kappa shape index (κ1) is 35.7. The fourth-order valence-corrected chi connectivity index (χ4v) is 10.1. The van der Waals surface area contributed by atoms with Gasteiger partial charge in [-0.3, -0.25) is 0 Å². The molecule has 0 aliphatic heterocycles. The van der Waals surface area contributed by atoms with Crippen LogP contribution in [-0.2, 0) is 26.5 Å². The molecule has 285 valence electrons. The number of hydrogen-bond donors (Lipinski definition) is 0. The number of hydrogen-bond acceptors (Lipinski definition) is 3. The molecule has 2 nitrogen and oxygen atoms in total. The van der Waals surface area contributed by atoms with Gasteiger partial charge in [0.05, 0.1) is 8.07 Å². The molecule has 0 bridgehead atoms. The van der Waals surface area contributed by atoms with Crippen molar-refractivity contribution in [3.63, 3.8) is 0 Å². The molecule has 7 aromatic rings. The molecule has 1 fully saturated rings. The summed E-state index contributed by atoms with van der Waals surface area (Å²) in [5.41, 5.74) is 8.66. The van der Waals surface area contributed by atoms with Gasteiger partial charge < -0.3 is 9.97 Å². The van der Waals surface area contributed by atoms with Crippen molar-refractivity contribution >= 4 is 44.8 Å². The monoisotopic (exact) mass is 939 g/mol. The Bertz CT molecular complexity index is 2530. The number of nitrogens with zero attached hydrogens (tertiary/aromatic N) is 2. The Labute approximate surface area is 353 Å². The summed E-state index contributed by atoms with van der Waals surface area (Å²) in [6.45, 7) is 14.5. The maximum absolute atomic E-state index is 8.99. The van der Waals surface area contributed by atoms with Crippen molar-refractivity contribution in [3.8, 4) is 33.6 Å². The van der Waals surface area contributed by atoms with E-state index in [1.54, 1.807) is 17.5 Å². The third-order valence-electron chi connectivity index (χ3n) is 10.4. The average molecular weight is 939 g/mol. The summed E-state index contributed by atoms with van der Waals surface area (Å²) in [7, 11) is -1.69. The van der Waals surface area contributed by atoms with Gasteiger partial charge in [0.25, 0.3) is 0 Å². The van der Waals surface area contributed by atoms with E-state index in [1.807, 2.05) is 82.4 Å². The second kappa shape index (κ2) is 18.0. The van der Waals surface area contributed by atoms with Crippen LogP contribution in [0.2, 0.25) is 19.6 Å². The number of benzene rings is 4. The van der Waals surface area contributed by atoms with Gasteiger partial charge in [-0.15, -0.1) is 59.7 Å². The van der Waals surface area contributed by atoms with E-state index in [0.717, 1.165) is 96.0 Å². The van der Waals surface area contributed by atoms with Gasteiger partial charge in [-0.2, -0.15) is 11.3 Å². The van der Waals surface area contributed by atoms with Crippen LogP contribution in [0, 0.1) is 18.1 Å². The Morgan fingerprint density at radius 3 is 2.22 bits per heavy atom. The van der Waals surface area contributed by atoms with Crippen LogP contribution in [-0.4, -0.2) is 18.0 Å². The molecule has 4 aromatic carbocycles. The van der Waals surface area contributed by atoms with Crippen molar-refractivity contribution < 1.29 is 25.6 Å². The van der Waals surface area contributed by atoms with E-state index in [0.29, 0.717) is 0 Å². The topological polar surface area (TPSA) is 25.8 Å². The Kier molecular flexibility index (Phi) is 11.7. The van der Waals surface area contributed by atoms with E-state index >= 15 is 0 Å². The minimum Gasteiger partial charge on any atom is -0.305 e. The van der Waals surface area contributed by atoms with Crippen LogP contribution >= 0.6 is 11.3 Å². The Hall–Kier alpha value is -3.73. The molecule has 55 heavy (non-hydrogen) atoms. The number of thiophene rings is 1. The van der Waals surface area contributed by atoms with Gasteiger partial charge in [-0.1, -0.05) is 144 Å². The van der Waals surface area contributed by atoms with Crippen molar-refractivity contribution in [2.24, 2.45) is 5.92 Å². The van der Waals surface area contributed by atoms with Crippen LogP contribution in [0.25, 0.3) is 53.8 Å². The molecular formula is C50H54IrN2SSi-2. The zero-order valence-corrected chi connectivity index (χ0v) is 37.4. The van der Waals surface area contributed by atoms with E-state index in [1.165, 1.54) is 11.8 Å². The van der Waals surface area contributed by atoms with E-state index in [-0.39, 0.29) is 26.0 Å². The second-order valence-corrected chi connectivity index (χ2v) is 22.1. The van der Waals surface area contributed by atoms with Gasteiger partial charge in [0.2, 0.25) is 0 Å². The third kappa shape index (κ3) is 9.63. The first-order valence-electron chi connectivity index (χ1n) is 21.3. The number of rotatable bonds is 8. The molecule has 1 radical (unpaired) electrons. The van der Waals surface area contributed by atoms with E-state index < -0.39 is 26.2 Å². The molecule has 0 N–H and O–H groups in total. The molecule has 0 atom stereocenters. The molecule has 0 saturated heterocycles. The molecule has 5 heteroatoms. The van der Waals surface area contributed by atoms with Crippen LogP contribution < -0.4 is 5.19 Å². The second-order valence-electron chi connectivity index (χ2n) is 16.0. The van der Waals surface area contributed by atoms with Crippen molar-refractivity contribution in [1.29, 1.82) is 0 Å².